The molecule has 3 nitrogen and oxygen atoms in total. The molecule has 1 N–H and O–H groups in total. The first-order chi connectivity index (χ1) is 9.58. The molecule has 20 heavy (non-hydrogen) atoms. The molecule has 2 rings (SSSR count). The van der Waals surface area contributed by atoms with Crippen LogP contribution < -0.4 is 0 Å². The molecule has 1 heterocycles. The van der Waals surface area contributed by atoms with Crippen LogP contribution in [-0.2, 0) is 6.54 Å². The second kappa shape index (κ2) is 6.42. The van der Waals surface area contributed by atoms with Gasteiger partial charge in [0.25, 0.3) is 0 Å². The van der Waals surface area contributed by atoms with E-state index in [1.165, 1.54) is 22.2 Å². The van der Waals surface area contributed by atoms with Crippen molar-refractivity contribution in [2.45, 2.75) is 40.3 Å². The van der Waals surface area contributed by atoms with Crippen LogP contribution in [0.4, 0.5) is 0 Å². The Bertz CT molecular complexity index is 570. The van der Waals surface area contributed by atoms with E-state index in [2.05, 4.69) is 61.4 Å². The number of aliphatic hydroxyl groups is 1. The number of benzene rings is 1. The van der Waals surface area contributed by atoms with Crippen molar-refractivity contribution in [1.82, 2.24) is 9.47 Å². The van der Waals surface area contributed by atoms with Crippen molar-refractivity contribution in [1.29, 1.82) is 0 Å². The van der Waals surface area contributed by atoms with Gasteiger partial charge in [-0.25, -0.2) is 0 Å². The van der Waals surface area contributed by atoms with Crippen molar-refractivity contribution in [2.75, 3.05) is 19.6 Å². The molecular formula is C17H26N2O. The maximum atomic E-state index is 10.4. The largest absolute Gasteiger partial charge is 0.390 e. The van der Waals surface area contributed by atoms with Crippen LogP contribution in [0.5, 0.6) is 0 Å². The molecule has 0 unspecified atom stereocenters. The second-order valence-electron chi connectivity index (χ2n) is 5.48. The zero-order valence-electron chi connectivity index (χ0n) is 13.1. The van der Waals surface area contributed by atoms with Gasteiger partial charge in [0.15, 0.2) is 0 Å². The third-order valence-electron chi connectivity index (χ3n) is 4.30. The summed E-state index contributed by atoms with van der Waals surface area (Å²) in [6.07, 6.45) is -0.330. The Hall–Kier alpha value is -1.32. The molecule has 1 aromatic heterocycles. The van der Waals surface area contributed by atoms with Gasteiger partial charge in [0.05, 0.1) is 12.6 Å². The molecule has 110 valence electrons. The Morgan fingerprint density at radius 2 is 1.80 bits per heavy atom. The third kappa shape index (κ3) is 2.89. The first-order valence-corrected chi connectivity index (χ1v) is 7.53. The molecule has 0 bridgehead atoms. The number of hydrogen-bond acceptors (Lipinski definition) is 2. The Kier molecular flexibility index (Phi) is 4.84. The maximum Gasteiger partial charge on any atom is 0.0845 e. The summed E-state index contributed by atoms with van der Waals surface area (Å²) in [4.78, 5) is 2.26. The Morgan fingerprint density at radius 1 is 1.15 bits per heavy atom. The number of aromatic nitrogens is 1. The molecule has 1 atom stereocenters. The summed E-state index contributed by atoms with van der Waals surface area (Å²) in [7, 11) is 0. The van der Waals surface area contributed by atoms with Crippen LogP contribution in [-0.4, -0.2) is 40.3 Å². The quantitative estimate of drug-likeness (QED) is 0.877. The normalized spacial score (nSPS) is 13.3. The van der Waals surface area contributed by atoms with E-state index >= 15 is 0 Å². The van der Waals surface area contributed by atoms with Crippen molar-refractivity contribution < 1.29 is 5.11 Å². The molecule has 0 saturated carbocycles. The number of para-hydroxylation sites is 1. The van der Waals surface area contributed by atoms with E-state index in [0.717, 1.165) is 19.6 Å². The predicted octanol–water partition coefficient (Wildman–Crippen LogP) is 2.96. The highest BCUT2D eigenvalue weighted by molar-refractivity contribution is 5.85. The van der Waals surface area contributed by atoms with Crippen LogP contribution in [0.25, 0.3) is 10.9 Å². The second-order valence-corrected chi connectivity index (χ2v) is 5.48. The van der Waals surface area contributed by atoms with Crippen LogP contribution in [0.15, 0.2) is 24.3 Å². The molecule has 1 aromatic carbocycles. The minimum Gasteiger partial charge on any atom is -0.390 e. The fourth-order valence-corrected chi connectivity index (χ4v) is 2.89. The Balaban J connectivity index is 2.23. The van der Waals surface area contributed by atoms with Gasteiger partial charge >= 0.3 is 0 Å². The number of rotatable bonds is 6. The molecule has 3 heteroatoms. The number of hydrogen-bond donors (Lipinski definition) is 1. The minimum absolute atomic E-state index is 0.330. The van der Waals surface area contributed by atoms with Crippen molar-refractivity contribution in [3.63, 3.8) is 0 Å². The van der Waals surface area contributed by atoms with Gasteiger partial charge < -0.3 is 14.6 Å². The molecule has 0 spiro atoms. The van der Waals surface area contributed by atoms with Gasteiger partial charge in [-0.2, -0.15) is 0 Å². The number of nitrogens with zero attached hydrogens (tertiary/aromatic N) is 2. The summed E-state index contributed by atoms with van der Waals surface area (Å²) in [6.45, 7) is 11.9. The van der Waals surface area contributed by atoms with Gasteiger partial charge in [-0.15, -0.1) is 0 Å². The van der Waals surface area contributed by atoms with Gasteiger partial charge in [0, 0.05) is 23.1 Å². The van der Waals surface area contributed by atoms with E-state index in [1.54, 1.807) is 0 Å². The van der Waals surface area contributed by atoms with Crippen LogP contribution >= 0.6 is 0 Å². The number of aryl methyl sites for hydroxylation is 1. The average molecular weight is 274 g/mol. The standard InChI is InChI=1S/C17H26N2O/c1-5-18(6-2)11-15(20)12-19-14(4)13(3)16-9-7-8-10-17(16)19/h7-10,15,20H,5-6,11-12H2,1-4H3/t15-/m1/s1. The van der Waals surface area contributed by atoms with Gasteiger partial charge in [-0.1, -0.05) is 32.0 Å². The first kappa shape index (κ1) is 15.1. The lowest BCUT2D eigenvalue weighted by molar-refractivity contribution is 0.104. The van der Waals surface area contributed by atoms with Crippen molar-refractivity contribution >= 4 is 10.9 Å². The van der Waals surface area contributed by atoms with E-state index in [-0.39, 0.29) is 6.10 Å². The lowest BCUT2D eigenvalue weighted by Gasteiger charge is -2.23. The molecule has 2 aromatic rings. The van der Waals surface area contributed by atoms with Crippen molar-refractivity contribution in [2.24, 2.45) is 0 Å². The van der Waals surface area contributed by atoms with E-state index in [0.29, 0.717) is 6.54 Å². The highest BCUT2D eigenvalue weighted by Crippen LogP contribution is 2.25. The Morgan fingerprint density at radius 3 is 2.45 bits per heavy atom. The molecule has 0 aliphatic carbocycles. The number of aliphatic hydroxyl groups excluding tert-OH is 1. The minimum atomic E-state index is -0.330. The summed E-state index contributed by atoms with van der Waals surface area (Å²) in [6, 6.07) is 8.43. The highest BCUT2D eigenvalue weighted by Gasteiger charge is 2.15. The number of fused-ring (bicyclic) bond motifs is 1. The molecule has 0 fully saturated rings. The molecule has 0 aliphatic heterocycles. The van der Waals surface area contributed by atoms with E-state index in [1.807, 2.05) is 0 Å². The fourth-order valence-electron chi connectivity index (χ4n) is 2.89. The summed E-state index contributed by atoms with van der Waals surface area (Å²) in [5.74, 6) is 0. The SMILES string of the molecule is CCN(CC)C[C@@H](O)Cn1c(C)c(C)c2ccccc21. The fraction of sp³-hybridized carbons (Fsp3) is 0.529. The Labute approximate surface area is 121 Å². The van der Waals surface area contributed by atoms with E-state index in [4.69, 9.17) is 0 Å². The summed E-state index contributed by atoms with van der Waals surface area (Å²) < 4.78 is 2.25. The topological polar surface area (TPSA) is 28.4 Å². The van der Waals surface area contributed by atoms with Crippen LogP contribution in [0, 0.1) is 13.8 Å². The molecular weight excluding hydrogens is 248 g/mol. The molecule has 0 saturated heterocycles. The average Bonchev–Trinajstić information content (AvgIpc) is 2.70. The summed E-state index contributed by atoms with van der Waals surface area (Å²) in [5, 5.41) is 11.7. The van der Waals surface area contributed by atoms with Crippen molar-refractivity contribution in [3.05, 3.63) is 35.5 Å². The first-order valence-electron chi connectivity index (χ1n) is 7.53. The zero-order chi connectivity index (χ0) is 14.7. The smallest absolute Gasteiger partial charge is 0.0845 e. The van der Waals surface area contributed by atoms with Crippen LogP contribution in [0.1, 0.15) is 25.1 Å². The van der Waals surface area contributed by atoms with Gasteiger partial charge in [-0.3, -0.25) is 0 Å². The third-order valence-corrected chi connectivity index (χ3v) is 4.30. The monoisotopic (exact) mass is 274 g/mol. The molecule has 0 radical (unpaired) electrons. The lowest BCUT2D eigenvalue weighted by atomic mass is 10.2. The summed E-state index contributed by atoms with van der Waals surface area (Å²) in [5.41, 5.74) is 3.79. The van der Waals surface area contributed by atoms with E-state index in [9.17, 15) is 5.11 Å². The predicted molar refractivity (Wildman–Crippen MR) is 85.2 cm³/mol. The lowest BCUT2D eigenvalue weighted by Crippen LogP contribution is -2.34. The van der Waals surface area contributed by atoms with Gasteiger partial charge in [0.1, 0.15) is 0 Å². The number of likely N-dealkylation sites (N-methyl/N-ethyl adjacent to an activating group) is 1. The van der Waals surface area contributed by atoms with E-state index < -0.39 is 0 Å². The summed E-state index contributed by atoms with van der Waals surface area (Å²) >= 11 is 0. The zero-order valence-corrected chi connectivity index (χ0v) is 13.1. The molecule has 0 aliphatic rings. The van der Waals surface area contributed by atoms with Gasteiger partial charge in [0.2, 0.25) is 0 Å². The van der Waals surface area contributed by atoms with Crippen molar-refractivity contribution in [3.8, 4) is 0 Å². The van der Waals surface area contributed by atoms with Crippen LogP contribution in [0.3, 0.4) is 0 Å². The van der Waals surface area contributed by atoms with Gasteiger partial charge in [-0.05, 0) is 38.6 Å². The highest BCUT2D eigenvalue weighted by atomic mass is 16.3. The molecule has 0 amide bonds. The maximum absolute atomic E-state index is 10.4. The van der Waals surface area contributed by atoms with Crippen LogP contribution in [0.2, 0.25) is 0 Å².